The molecule has 0 heterocycles. The molecule has 1 N–H and O–H groups in total. The Morgan fingerprint density at radius 1 is 1.33 bits per heavy atom. The Balaban J connectivity index is 2.76. The van der Waals surface area contributed by atoms with Gasteiger partial charge in [-0.1, -0.05) is 25.1 Å². The number of terminal acetylenes is 1. The summed E-state index contributed by atoms with van der Waals surface area (Å²) in [5.41, 5.74) is -0.339. The summed E-state index contributed by atoms with van der Waals surface area (Å²) < 4.78 is 38.2. The van der Waals surface area contributed by atoms with E-state index in [0.29, 0.717) is 6.42 Å². The first-order valence-electron chi connectivity index (χ1n) is 5.81. The smallest absolute Gasteiger partial charge is 0.309 e. The second-order valence-corrected chi connectivity index (χ2v) is 4.05. The number of nitrogens with one attached hydrogen (secondary N) is 1. The molecule has 0 aliphatic heterocycles. The molecule has 1 aromatic rings. The van der Waals surface area contributed by atoms with Gasteiger partial charge in [0.2, 0.25) is 0 Å². The Morgan fingerprint density at radius 2 is 2.00 bits per heavy atom. The lowest BCUT2D eigenvalue weighted by Gasteiger charge is -2.17. The van der Waals surface area contributed by atoms with Gasteiger partial charge in [0.1, 0.15) is 0 Å². The SMILES string of the molecule is C#CCC(CC)NCc1ccccc1C(F)(F)F. The van der Waals surface area contributed by atoms with Crippen LogP contribution in [-0.4, -0.2) is 6.04 Å². The Morgan fingerprint density at radius 3 is 2.56 bits per heavy atom. The van der Waals surface area contributed by atoms with E-state index in [4.69, 9.17) is 6.42 Å². The molecule has 0 radical (unpaired) electrons. The van der Waals surface area contributed by atoms with Crippen molar-refractivity contribution in [2.75, 3.05) is 0 Å². The summed E-state index contributed by atoms with van der Waals surface area (Å²) in [7, 11) is 0. The van der Waals surface area contributed by atoms with Gasteiger partial charge in [-0.2, -0.15) is 13.2 Å². The van der Waals surface area contributed by atoms with Crippen LogP contribution in [0.2, 0.25) is 0 Å². The van der Waals surface area contributed by atoms with Gasteiger partial charge in [-0.3, -0.25) is 0 Å². The molecule has 0 amide bonds. The van der Waals surface area contributed by atoms with Gasteiger partial charge < -0.3 is 5.32 Å². The molecule has 1 atom stereocenters. The predicted octanol–water partition coefficient (Wildman–Crippen LogP) is 3.60. The lowest BCUT2D eigenvalue weighted by atomic mass is 10.1. The Labute approximate surface area is 105 Å². The van der Waals surface area contributed by atoms with Crippen LogP contribution >= 0.6 is 0 Å². The van der Waals surface area contributed by atoms with Crippen LogP contribution in [0.5, 0.6) is 0 Å². The second-order valence-electron chi connectivity index (χ2n) is 4.05. The molecule has 1 unspecified atom stereocenters. The lowest BCUT2D eigenvalue weighted by molar-refractivity contribution is -0.138. The molecule has 0 aliphatic carbocycles. The minimum atomic E-state index is -4.31. The van der Waals surface area contributed by atoms with Gasteiger partial charge >= 0.3 is 6.18 Å². The third-order valence-corrected chi connectivity index (χ3v) is 2.76. The molecule has 0 saturated carbocycles. The van der Waals surface area contributed by atoms with E-state index in [-0.39, 0.29) is 18.2 Å². The van der Waals surface area contributed by atoms with Crippen molar-refractivity contribution in [1.82, 2.24) is 5.32 Å². The second kappa shape index (κ2) is 6.46. The monoisotopic (exact) mass is 255 g/mol. The molecule has 4 heteroatoms. The highest BCUT2D eigenvalue weighted by Crippen LogP contribution is 2.31. The summed E-state index contributed by atoms with van der Waals surface area (Å²) in [6.45, 7) is 2.13. The van der Waals surface area contributed by atoms with Crippen molar-refractivity contribution < 1.29 is 13.2 Å². The van der Waals surface area contributed by atoms with Gasteiger partial charge in [0.25, 0.3) is 0 Å². The zero-order chi connectivity index (χ0) is 13.6. The maximum atomic E-state index is 12.7. The van der Waals surface area contributed by atoms with Gasteiger partial charge in [0.05, 0.1) is 5.56 Å². The quantitative estimate of drug-likeness (QED) is 0.793. The summed E-state index contributed by atoms with van der Waals surface area (Å²) in [5, 5.41) is 3.06. The first-order valence-corrected chi connectivity index (χ1v) is 5.81. The van der Waals surface area contributed by atoms with E-state index < -0.39 is 11.7 Å². The van der Waals surface area contributed by atoms with Crippen molar-refractivity contribution in [2.24, 2.45) is 0 Å². The number of rotatable bonds is 5. The third-order valence-electron chi connectivity index (χ3n) is 2.76. The molecule has 1 nitrogen and oxygen atoms in total. The predicted molar refractivity (Wildman–Crippen MR) is 65.8 cm³/mol. The Bertz CT molecular complexity index is 418. The molecular formula is C14H16F3N. The topological polar surface area (TPSA) is 12.0 Å². The largest absolute Gasteiger partial charge is 0.416 e. The van der Waals surface area contributed by atoms with Crippen molar-refractivity contribution >= 4 is 0 Å². The molecule has 1 aromatic carbocycles. The highest BCUT2D eigenvalue weighted by molar-refractivity contribution is 5.29. The van der Waals surface area contributed by atoms with Crippen LogP contribution in [0, 0.1) is 12.3 Å². The molecule has 0 bridgehead atoms. The van der Waals surface area contributed by atoms with Gasteiger partial charge in [-0.15, -0.1) is 12.3 Å². The van der Waals surface area contributed by atoms with Crippen molar-refractivity contribution in [3.05, 3.63) is 35.4 Å². The standard InChI is InChI=1S/C14H16F3N/c1-3-7-12(4-2)18-10-11-8-5-6-9-13(11)14(15,16)17/h1,5-6,8-9,12,18H,4,7,10H2,2H3. The molecule has 0 fully saturated rings. The molecule has 0 aromatic heterocycles. The first kappa shape index (κ1) is 14.6. The van der Waals surface area contributed by atoms with E-state index >= 15 is 0 Å². The fourth-order valence-electron chi connectivity index (χ4n) is 1.71. The maximum Gasteiger partial charge on any atom is 0.416 e. The highest BCUT2D eigenvalue weighted by atomic mass is 19.4. The molecule has 18 heavy (non-hydrogen) atoms. The number of hydrogen-bond donors (Lipinski definition) is 1. The average molecular weight is 255 g/mol. The van der Waals surface area contributed by atoms with Crippen LogP contribution in [-0.2, 0) is 12.7 Å². The number of alkyl halides is 3. The van der Waals surface area contributed by atoms with Crippen molar-refractivity contribution in [1.29, 1.82) is 0 Å². The van der Waals surface area contributed by atoms with Crippen LogP contribution in [0.4, 0.5) is 13.2 Å². The maximum absolute atomic E-state index is 12.7. The molecule has 0 aliphatic rings. The van der Waals surface area contributed by atoms with Crippen LogP contribution in [0.3, 0.4) is 0 Å². The number of benzene rings is 1. The van der Waals surface area contributed by atoms with E-state index in [1.54, 1.807) is 6.07 Å². The van der Waals surface area contributed by atoms with Crippen molar-refractivity contribution in [3.63, 3.8) is 0 Å². The Kier molecular flexibility index (Phi) is 5.24. The van der Waals surface area contributed by atoms with E-state index in [1.807, 2.05) is 6.92 Å². The third kappa shape index (κ3) is 4.08. The summed E-state index contributed by atoms with van der Waals surface area (Å²) in [4.78, 5) is 0. The Hall–Kier alpha value is -1.47. The average Bonchev–Trinajstić information content (AvgIpc) is 2.33. The minimum absolute atomic E-state index is 0.0521. The van der Waals surface area contributed by atoms with Crippen LogP contribution in [0.25, 0.3) is 0 Å². The molecule has 1 rings (SSSR count). The zero-order valence-corrected chi connectivity index (χ0v) is 10.2. The summed E-state index contributed by atoms with van der Waals surface area (Å²) in [6.07, 6.45) is 2.20. The minimum Gasteiger partial charge on any atom is -0.309 e. The normalized spacial score (nSPS) is 13.1. The number of hydrogen-bond acceptors (Lipinski definition) is 1. The highest BCUT2D eigenvalue weighted by Gasteiger charge is 2.32. The molecule has 0 spiro atoms. The van der Waals surface area contributed by atoms with E-state index in [1.165, 1.54) is 12.1 Å². The van der Waals surface area contributed by atoms with Crippen LogP contribution in [0.1, 0.15) is 30.9 Å². The molecule has 98 valence electrons. The van der Waals surface area contributed by atoms with Gasteiger partial charge in [-0.25, -0.2) is 0 Å². The van der Waals surface area contributed by atoms with Crippen molar-refractivity contribution in [2.45, 2.75) is 38.5 Å². The molecule has 0 saturated heterocycles. The summed E-state index contributed by atoms with van der Waals surface area (Å²) in [6, 6.07) is 5.63. The summed E-state index contributed by atoms with van der Waals surface area (Å²) in [5.74, 6) is 2.52. The van der Waals surface area contributed by atoms with E-state index in [2.05, 4.69) is 11.2 Å². The van der Waals surface area contributed by atoms with Crippen LogP contribution < -0.4 is 5.32 Å². The lowest BCUT2D eigenvalue weighted by Crippen LogP contribution is -2.28. The van der Waals surface area contributed by atoms with Gasteiger partial charge in [0, 0.05) is 19.0 Å². The summed E-state index contributed by atoms with van der Waals surface area (Å²) >= 11 is 0. The molecular weight excluding hydrogens is 239 g/mol. The fraction of sp³-hybridized carbons (Fsp3) is 0.429. The fourth-order valence-corrected chi connectivity index (χ4v) is 1.71. The van der Waals surface area contributed by atoms with Crippen LogP contribution in [0.15, 0.2) is 24.3 Å². The number of halogens is 3. The van der Waals surface area contributed by atoms with E-state index in [9.17, 15) is 13.2 Å². The van der Waals surface area contributed by atoms with Crippen molar-refractivity contribution in [3.8, 4) is 12.3 Å². The van der Waals surface area contributed by atoms with E-state index in [0.717, 1.165) is 12.5 Å². The van der Waals surface area contributed by atoms with Gasteiger partial charge in [0.15, 0.2) is 0 Å². The van der Waals surface area contributed by atoms with Gasteiger partial charge in [-0.05, 0) is 18.1 Å². The first-order chi connectivity index (χ1) is 8.49. The zero-order valence-electron chi connectivity index (χ0n) is 10.2.